The van der Waals surface area contributed by atoms with Crippen LogP contribution < -0.4 is 15.4 Å². The number of benzene rings is 1. The average Bonchev–Trinajstić information content (AvgIpc) is 2.62. The molecule has 1 aliphatic rings. The van der Waals surface area contributed by atoms with Gasteiger partial charge >= 0.3 is 0 Å². The summed E-state index contributed by atoms with van der Waals surface area (Å²) in [6.07, 6.45) is 4.29. The van der Waals surface area contributed by atoms with Crippen LogP contribution in [0.15, 0.2) is 42.7 Å². The number of nitrogens with one attached hydrogen (secondary N) is 2. The van der Waals surface area contributed by atoms with Crippen molar-refractivity contribution in [3.05, 3.63) is 53.9 Å². The smallest absolute Gasteiger partial charge is 0.179 e. The standard InChI is InChI=1S/C18H21N3O2/c1-2-15(21-12-13-4-3-7-19-11-13)18(22)14-5-6-17-16(10-14)20-8-9-23-17/h3-7,10-11,15,20-21H,2,8-9,12H2,1H3. The SMILES string of the molecule is CCC(NCc1cccnc1)C(=O)c1ccc2c(c1)NCCO2. The highest BCUT2D eigenvalue weighted by atomic mass is 16.5. The Bertz CT molecular complexity index is 673. The van der Waals surface area contributed by atoms with E-state index in [-0.39, 0.29) is 11.8 Å². The fourth-order valence-electron chi connectivity index (χ4n) is 2.66. The number of Topliss-reactive ketones (excluding diaryl/α,β-unsaturated/α-hetero) is 1. The van der Waals surface area contributed by atoms with Crippen LogP contribution in [0, 0.1) is 0 Å². The largest absolute Gasteiger partial charge is 0.490 e. The van der Waals surface area contributed by atoms with Crippen LogP contribution in [-0.4, -0.2) is 30.0 Å². The van der Waals surface area contributed by atoms with Gasteiger partial charge in [-0.1, -0.05) is 13.0 Å². The average molecular weight is 311 g/mol. The predicted molar refractivity (Wildman–Crippen MR) is 89.9 cm³/mol. The number of aromatic nitrogens is 1. The Hall–Kier alpha value is -2.40. The molecule has 5 heteroatoms. The van der Waals surface area contributed by atoms with Gasteiger partial charge in [-0.05, 0) is 36.2 Å². The molecule has 0 radical (unpaired) electrons. The molecule has 1 aromatic carbocycles. The molecule has 0 saturated carbocycles. The van der Waals surface area contributed by atoms with Gasteiger partial charge in [-0.15, -0.1) is 0 Å². The maximum atomic E-state index is 12.7. The van der Waals surface area contributed by atoms with Crippen LogP contribution in [0.25, 0.3) is 0 Å². The zero-order chi connectivity index (χ0) is 16.1. The molecule has 0 spiro atoms. The maximum absolute atomic E-state index is 12.7. The molecule has 0 fully saturated rings. The zero-order valence-electron chi connectivity index (χ0n) is 13.2. The first-order chi connectivity index (χ1) is 11.3. The molecule has 23 heavy (non-hydrogen) atoms. The maximum Gasteiger partial charge on any atom is 0.179 e. The third kappa shape index (κ3) is 3.68. The molecule has 0 aliphatic carbocycles. The van der Waals surface area contributed by atoms with Gasteiger partial charge in [0.2, 0.25) is 0 Å². The van der Waals surface area contributed by atoms with Crippen molar-refractivity contribution in [2.24, 2.45) is 0 Å². The van der Waals surface area contributed by atoms with Crippen molar-refractivity contribution in [1.82, 2.24) is 10.3 Å². The highest BCUT2D eigenvalue weighted by Crippen LogP contribution is 2.28. The molecule has 2 N–H and O–H groups in total. The van der Waals surface area contributed by atoms with Gasteiger partial charge in [0.25, 0.3) is 0 Å². The van der Waals surface area contributed by atoms with Gasteiger partial charge in [-0.2, -0.15) is 0 Å². The number of rotatable bonds is 6. The van der Waals surface area contributed by atoms with E-state index in [0.717, 1.165) is 30.0 Å². The number of carbonyl (C=O) groups excluding carboxylic acids is 1. The zero-order valence-corrected chi connectivity index (χ0v) is 13.2. The number of carbonyl (C=O) groups is 1. The Morgan fingerprint density at radius 1 is 1.43 bits per heavy atom. The lowest BCUT2D eigenvalue weighted by Crippen LogP contribution is -2.36. The van der Waals surface area contributed by atoms with Gasteiger partial charge in [0.05, 0.1) is 11.7 Å². The Balaban J connectivity index is 1.69. The monoisotopic (exact) mass is 311 g/mol. The first-order valence-corrected chi connectivity index (χ1v) is 7.95. The van der Waals surface area contributed by atoms with E-state index in [4.69, 9.17) is 4.74 Å². The Kier molecular flexibility index (Phi) is 4.88. The number of anilines is 1. The van der Waals surface area contributed by atoms with Crippen LogP contribution in [0.2, 0.25) is 0 Å². The fraction of sp³-hybridized carbons (Fsp3) is 0.333. The lowest BCUT2D eigenvalue weighted by molar-refractivity contribution is 0.0939. The number of hydrogen-bond donors (Lipinski definition) is 2. The van der Waals surface area contributed by atoms with Gasteiger partial charge in [-0.3, -0.25) is 9.78 Å². The van der Waals surface area contributed by atoms with Crippen LogP contribution in [0.5, 0.6) is 5.75 Å². The van der Waals surface area contributed by atoms with E-state index in [1.165, 1.54) is 0 Å². The van der Waals surface area contributed by atoms with Gasteiger partial charge in [-0.25, -0.2) is 0 Å². The van der Waals surface area contributed by atoms with E-state index in [2.05, 4.69) is 15.6 Å². The van der Waals surface area contributed by atoms with Crippen molar-refractivity contribution in [3.8, 4) is 5.75 Å². The molecule has 0 bridgehead atoms. The molecule has 120 valence electrons. The third-order valence-corrected chi connectivity index (χ3v) is 3.94. The van der Waals surface area contributed by atoms with Gasteiger partial charge in [0.15, 0.2) is 5.78 Å². The van der Waals surface area contributed by atoms with Gasteiger partial charge < -0.3 is 15.4 Å². The summed E-state index contributed by atoms with van der Waals surface area (Å²) in [7, 11) is 0. The van der Waals surface area contributed by atoms with Crippen LogP contribution in [0.4, 0.5) is 5.69 Å². The Morgan fingerprint density at radius 3 is 3.13 bits per heavy atom. The van der Waals surface area contributed by atoms with Crippen LogP contribution in [0.3, 0.4) is 0 Å². The fourth-order valence-corrected chi connectivity index (χ4v) is 2.66. The van der Waals surface area contributed by atoms with Crippen LogP contribution in [-0.2, 0) is 6.54 Å². The van der Waals surface area contributed by atoms with Crippen molar-refractivity contribution in [3.63, 3.8) is 0 Å². The summed E-state index contributed by atoms with van der Waals surface area (Å²) in [6.45, 7) is 4.06. The number of fused-ring (bicyclic) bond motifs is 1. The summed E-state index contributed by atoms with van der Waals surface area (Å²) in [5, 5.41) is 6.59. The summed E-state index contributed by atoms with van der Waals surface area (Å²) < 4.78 is 5.55. The van der Waals surface area contributed by atoms with Crippen LogP contribution in [0.1, 0.15) is 29.3 Å². The predicted octanol–water partition coefficient (Wildman–Crippen LogP) is 2.64. The summed E-state index contributed by atoms with van der Waals surface area (Å²) in [6, 6.07) is 9.26. The quantitative estimate of drug-likeness (QED) is 0.803. The Morgan fingerprint density at radius 2 is 2.35 bits per heavy atom. The van der Waals surface area contributed by atoms with E-state index >= 15 is 0 Å². The second-order valence-electron chi connectivity index (χ2n) is 5.55. The molecule has 3 rings (SSSR count). The molecular formula is C18H21N3O2. The normalized spacial score (nSPS) is 14.3. The van der Waals surface area contributed by atoms with Gasteiger partial charge in [0.1, 0.15) is 12.4 Å². The Labute approximate surface area is 136 Å². The number of pyridine rings is 1. The molecule has 1 aliphatic heterocycles. The lowest BCUT2D eigenvalue weighted by Gasteiger charge is -2.21. The highest BCUT2D eigenvalue weighted by molar-refractivity contribution is 6.01. The molecule has 0 amide bonds. The molecule has 1 unspecified atom stereocenters. The van der Waals surface area contributed by atoms with Crippen molar-refractivity contribution in [2.45, 2.75) is 25.9 Å². The summed E-state index contributed by atoms with van der Waals surface area (Å²) >= 11 is 0. The second kappa shape index (κ2) is 7.24. The van der Waals surface area contributed by atoms with Crippen molar-refractivity contribution >= 4 is 11.5 Å². The molecule has 2 heterocycles. The molecular weight excluding hydrogens is 290 g/mol. The topological polar surface area (TPSA) is 63.2 Å². The third-order valence-electron chi connectivity index (χ3n) is 3.94. The van der Waals surface area contributed by atoms with E-state index in [1.54, 1.807) is 6.20 Å². The minimum atomic E-state index is -0.210. The van der Waals surface area contributed by atoms with Crippen molar-refractivity contribution < 1.29 is 9.53 Å². The van der Waals surface area contributed by atoms with Gasteiger partial charge in [0, 0.05) is 31.0 Å². The molecule has 0 saturated heterocycles. The van der Waals surface area contributed by atoms with Crippen LogP contribution >= 0.6 is 0 Å². The second-order valence-corrected chi connectivity index (χ2v) is 5.55. The number of ketones is 1. The summed E-state index contributed by atoms with van der Waals surface area (Å²) in [4.78, 5) is 16.8. The van der Waals surface area contributed by atoms with E-state index in [0.29, 0.717) is 18.7 Å². The van der Waals surface area contributed by atoms with E-state index in [9.17, 15) is 4.79 Å². The molecule has 1 atom stereocenters. The van der Waals surface area contributed by atoms with Crippen molar-refractivity contribution in [2.75, 3.05) is 18.5 Å². The lowest BCUT2D eigenvalue weighted by atomic mass is 10.0. The molecule has 5 nitrogen and oxygen atoms in total. The minimum Gasteiger partial charge on any atom is -0.490 e. The number of hydrogen-bond acceptors (Lipinski definition) is 5. The number of ether oxygens (including phenoxy) is 1. The molecule has 2 aromatic rings. The van der Waals surface area contributed by atoms with E-state index < -0.39 is 0 Å². The first-order valence-electron chi connectivity index (χ1n) is 7.95. The molecule has 1 aromatic heterocycles. The van der Waals surface area contributed by atoms with Crippen molar-refractivity contribution in [1.29, 1.82) is 0 Å². The minimum absolute atomic E-state index is 0.103. The van der Waals surface area contributed by atoms with E-state index in [1.807, 2.05) is 43.5 Å². The first kappa shape index (κ1) is 15.5. The summed E-state index contributed by atoms with van der Waals surface area (Å²) in [5.41, 5.74) is 2.66. The number of nitrogens with zero attached hydrogens (tertiary/aromatic N) is 1. The highest BCUT2D eigenvalue weighted by Gasteiger charge is 2.20. The summed E-state index contributed by atoms with van der Waals surface area (Å²) in [5.74, 6) is 0.913.